The van der Waals surface area contributed by atoms with Crippen LogP contribution >= 0.6 is 0 Å². The minimum Gasteiger partial charge on any atom is -0.435 e. The van der Waals surface area contributed by atoms with E-state index in [0.717, 1.165) is 0 Å². The number of para-hydroxylation sites is 1. The van der Waals surface area contributed by atoms with Crippen LogP contribution in [0.15, 0.2) is 48.9 Å². The molecule has 6 rings (SSSR count). The predicted molar refractivity (Wildman–Crippen MR) is 134 cm³/mol. The number of imidazole rings is 1. The van der Waals surface area contributed by atoms with Gasteiger partial charge in [-0.3, -0.25) is 0 Å². The number of aliphatic hydroxyl groups is 3. The molecule has 0 aliphatic heterocycles. The third-order valence-electron chi connectivity index (χ3n) is 7.92. The zero-order valence-corrected chi connectivity index (χ0v) is 21.1. The van der Waals surface area contributed by atoms with Crippen LogP contribution < -0.4 is 4.74 Å². The largest absolute Gasteiger partial charge is 0.435 e. The van der Waals surface area contributed by atoms with E-state index in [1.165, 1.54) is 30.7 Å². The summed E-state index contributed by atoms with van der Waals surface area (Å²) < 4.78 is 47.8. The summed E-state index contributed by atoms with van der Waals surface area (Å²) in [6, 6.07) is 7.64. The number of nitrogens with zero attached hydrogens (tertiary/aromatic N) is 4. The van der Waals surface area contributed by atoms with Gasteiger partial charge in [-0.15, -0.1) is 0 Å². The molecule has 2 aliphatic rings. The summed E-state index contributed by atoms with van der Waals surface area (Å²) in [5.41, 5.74) is 0.0666. The summed E-state index contributed by atoms with van der Waals surface area (Å²) >= 11 is 0. The van der Waals surface area contributed by atoms with Gasteiger partial charge < -0.3 is 24.5 Å². The minimum atomic E-state index is -3.01. The summed E-state index contributed by atoms with van der Waals surface area (Å²) in [5, 5.41) is 32.0. The molecule has 2 aliphatic carbocycles. The van der Waals surface area contributed by atoms with E-state index in [2.05, 4.69) is 15.0 Å². The van der Waals surface area contributed by atoms with E-state index in [1.54, 1.807) is 29.5 Å². The van der Waals surface area contributed by atoms with Crippen molar-refractivity contribution in [2.24, 2.45) is 0 Å². The molecule has 0 spiro atoms. The molecule has 204 valence electrons. The van der Waals surface area contributed by atoms with Crippen molar-refractivity contribution in [1.82, 2.24) is 19.4 Å². The van der Waals surface area contributed by atoms with Gasteiger partial charge in [-0.25, -0.2) is 19.3 Å². The fraction of sp³-hybridized carbons (Fsp3) is 0.393. The Balaban J connectivity index is 1.39. The molecule has 11 heteroatoms. The zero-order chi connectivity index (χ0) is 27.5. The molecular weight excluding hydrogens is 513 g/mol. The lowest BCUT2D eigenvalue weighted by molar-refractivity contribution is -0.0802. The maximum Gasteiger partial charge on any atom is 0.387 e. The van der Waals surface area contributed by atoms with Crippen molar-refractivity contribution in [3.8, 4) is 16.9 Å². The Bertz CT molecular complexity index is 1530. The van der Waals surface area contributed by atoms with E-state index < -0.39 is 35.7 Å². The Morgan fingerprint density at radius 3 is 2.46 bits per heavy atom. The fourth-order valence-electron chi connectivity index (χ4n) is 5.73. The molecule has 4 aromatic rings. The first-order valence-corrected chi connectivity index (χ1v) is 12.8. The van der Waals surface area contributed by atoms with Crippen LogP contribution in [0.25, 0.3) is 16.8 Å². The number of ether oxygens (including phenoxy) is 1. The van der Waals surface area contributed by atoms with Crippen LogP contribution in [0.2, 0.25) is 0 Å². The number of hydrogen-bond donors (Lipinski definition) is 3. The third kappa shape index (κ3) is 4.54. The van der Waals surface area contributed by atoms with Crippen LogP contribution in [0.1, 0.15) is 73.8 Å². The van der Waals surface area contributed by atoms with Crippen molar-refractivity contribution in [2.45, 2.75) is 68.9 Å². The molecule has 1 saturated carbocycles. The van der Waals surface area contributed by atoms with Gasteiger partial charge in [0.2, 0.25) is 0 Å². The number of aliphatic hydroxyl groups excluding tert-OH is 1. The molecule has 0 bridgehead atoms. The molecule has 3 N–H and O–H groups in total. The summed E-state index contributed by atoms with van der Waals surface area (Å²) in [7, 11) is 0. The fourth-order valence-corrected chi connectivity index (χ4v) is 5.73. The first kappa shape index (κ1) is 25.7. The second-order valence-electron chi connectivity index (χ2n) is 10.7. The number of rotatable bonds is 5. The maximum atomic E-state index is 15.3. The average molecular weight is 541 g/mol. The normalized spacial score (nSPS) is 26.8. The van der Waals surface area contributed by atoms with Gasteiger partial charge in [0, 0.05) is 47.3 Å². The molecule has 1 aromatic carbocycles. The highest BCUT2D eigenvalue weighted by atomic mass is 19.3. The van der Waals surface area contributed by atoms with Crippen molar-refractivity contribution >= 4 is 5.65 Å². The van der Waals surface area contributed by atoms with Crippen LogP contribution in [-0.4, -0.2) is 46.9 Å². The van der Waals surface area contributed by atoms with Crippen molar-refractivity contribution in [3.63, 3.8) is 0 Å². The van der Waals surface area contributed by atoms with Gasteiger partial charge in [0.25, 0.3) is 0 Å². The van der Waals surface area contributed by atoms with E-state index in [1.807, 2.05) is 0 Å². The standard InChI is InChI=1S/C28H27F3N4O4/c1-27(37)6-8-28(38,9-7-27)25-32-12-15(13-33-25)18-14-35-22(11-19(18)29)34-23-20(36)10-17(24(23)35)16-4-2-3-5-21(16)39-26(30)31/h2-5,11-14,17,20,26,36-38H,6-10H2,1H3/t17-,20-,27-,28-/m1/s1. The Hall–Kier alpha value is -3.54. The topological polar surface area (TPSA) is 113 Å². The summed E-state index contributed by atoms with van der Waals surface area (Å²) in [5.74, 6) is -0.886. The van der Waals surface area contributed by atoms with Gasteiger partial charge in [-0.05, 0) is 45.1 Å². The van der Waals surface area contributed by atoms with Gasteiger partial charge in [-0.1, -0.05) is 18.2 Å². The lowest BCUT2D eigenvalue weighted by Crippen LogP contribution is -2.40. The lowest BCUT2D eigenvalue weighted by atomic mass is 9.76. The number of hydrogen-bond acceptors (Lipinski definition) is 7. The van der Waals surface area contributed by atoms with E-state index in [4.69, 9.17) is 4.74 Å². The first-order chi connectivity index (χ1) is 18.5. The Kier molecular flexibility index (Phi) is 6.12. The Labute approximate surface area is 221 Å². The number of benzene rings is 1. The van der Waals surface area contributed by atoms with Gasteiger partial charge in [0.05, 0.1) is 23.1 Å². The monoisotopic (exact) mass is 540 g/mol. The van der Waals surface area contributed by atoms with Crippen molar-refractivity contribution in [1.29, 1.82) is 0 Å². The molecule has 3 heterocycles. The first-order valence-electron chi connectivity index (χ1n) is 12.8. The Morgan fingerprint density at radius 1 is 1.08 bits per heavy atom. The lowest BCUT2D eigenvalue weighted by Gasteiger charge is -2.38. The highest BCUT2D eigenvalue weighted by Gasteiger charge is 2.41. The van der Waals surface area contributed by atoms with Gasteiger partial charge in [0.1, 0.15) is 22.8 Å². The number of halogens is 3. The molecule has 39 heavy (non-hydrogen) atoms. The molecule has 1 fully saturated rings. The molecule has 3 aromatic heterocycles. The molecule has 2 atom stereocenters. The number of alkyl halides is 2. The van der Waals surface area contributed by atoms with Gasteiger partial charge >= 0.3 is 6.61 Å². The molecular formula is C28H27F3N4O4. The number of aromatic nitrogens is 4. The highest BCUT2D eigenvalue weighted by molar-refractivity contribution is 5.65. The summed E-state index contributed by atoms with van der Waals surface area (Å²) in [6.07, 6.45) is 5.08. The van der Waals surface area contributed by atoms with Crippen molar-refractivity contribution < 1.29 is 33.2 Å². The predicted octanol–water partition coefficient (Wildman–Crippen LogP) is 4.61. The quantitative estimate of drug-likeness (QED) is 0.339. The summed E-state index contributed by atoms with van der Waals surface area (Å²) in [6.45, 7) is -1.28. The smallest absolute Gasteiger partial charge is 0.387 e. The SMILES string of the molecule is C[C@]1(O)CC[C@@](O)(c2ncc(-c3cn4c5c(nc4cc3F)[C@H](O)C[C@@H]5c3ccccc3OC(F)F)cn2)CC1. The van der Waals surface area contributed by atoms with Crippen LogP contribution in [-0.2, 0) is 5.60 Å². The van der Waals surface area contributed by atoms with Crippen molar-refractivity contribution in [2.75, 3.05) is 0 Å². The molecule has 0 unspecified atom stereocenters. The van der Waals surface area contributed by atoms with Crippen LogP contribution in [0.4, 0.5) is 13.2 Å². The number of fused-ring (bicyclic) bond motifs is 3. The Morgan fingerprint density at radius 2 is 1.77 bits per heavy atom. The van der Waals surface area contributed by atoms with E-state index in [-0.39, 0.29) is 29.2 Å². The number of pyridine rings is 1. The molecule has 0 saturated heterocycles. The molecule has 0 radical (unpaired) electrons. The van der Waals surface area contributed by atoms with E-state index in [0.29, 0.717) is 48.2 Å². The minimum absolute atomic E-state index is 0.000909. The zero-order valence-electron chi connectivity index (χ0n) is 21.1. The van der Waals surface area contributed by atoms with E-state index >= 15 is 4.39 Å². The van der Waals surface area contributed by atoms with Gasteiger partial charge in [-0.2, -0.15) is 8.78 Å². The second-order valence-corrected chi connectivity index (χ2v) is 10.7. The second kappa shape index (κ2) is 9.29. The van der Waals surface area contributed by atoms with Crippen LogP contribution in [0.5, 0.6) is 5.75 Å². The summed E-state index contributed by atoms with van der Waals surface area (Å²) in [4.78, 5) is 13.1. The van der Waals surface area contributed by atoms with E-state index in [9.17, 15) is 24.1 Å². The van der Waals surface area contributed by atoms with Crippen LogP contribution in [0.3, 0.4) is 0 Å². The average Bonchev–Trinajstić information content (AvgIpc) is 3.42. The van der Waals surface area contributed by atoms with Gasteiger partial charge in [0.15, 0.2) is 5.82 Å². The molecule has 0 amide bonds. The van der Waals surface area contributed by atoms with Crippen molar-refractivity contribution in [3.05, 3.63) is 77.5 Å². The maximum absolute atomic E-state index is 15.3. The highest BCUT2D eigenvalue weighted by Crippen LogP contribution is 2.47. The third-order valence-corrected chi connectivity index (χ3v) is 7.92. The van der Waals surface area contributed by atoms with Crippen LogP contribution in [0, 0.1) is 5.82 Å². The molecule has 8 nitrogen and oxygen atoms in total.